The number of carbonyl (C=O) groups is 1. The predicted octanol–water partition coefficient (Wildman–Crippen LogP) is 1.31. The molecule has 100 valence electrons. The highest BCUT2D eigenvalue weighted by Gasteiger charge is 2.18. The molecule has 1 heterocycles. The highest BCUT2D eigenvalue weighted by atomic mass is 16.5. The minimum Gasteiger partial charge on any atom is -0.368 e. The van der Waals surface area contributed by atoms with Crippen LogP contribution in [0.4, 0.5) is 0 Å². The lowest BCUT2D eigenvalue weighted by atomic mass is 9.90. The molecule has 0 aliphatic carbocycles. The summed E-state index contributed by atoms with van der Waals surface area (Å²) >= 11 is 0. The van der Waals surface area contributed by atoms with Crippen molar-refractivity contribution in [3.05, 3.63) is 0 Å². The van der Waals surface area contributed by atoms with Crippen LogP contribution < -0.4 is 10.6 Å². The molecule has 0 bridgehead atoms. The molecular formula is C13H26N2O2. The van der Waals surface area contributed by atoms with E-state index in [4.69, 9.17) is 4.74 Å². The van der Waals surface area contributed by atoms with E-state index in [-0.39, 0.29) is 24.0 Å². The topological polar surface area (TPSA) is 50.4 Å². The maximum absolute atomic E-state index is 11.6. The van der Waals surface area contributed by atoms with Gasteiger partial charge in [0.25, 0.3) is 0 Å². The van der Waals surface area contributed by atoms with Gasteiger partial charge in [-0.1, -0.05) is 20.8 Å². The van der Waals surface area contributed by atoms with Crippen LogP contribution in [0.3, 0.4) is 0 Å². The molecule has 0 aromatic rings. The molecule has 2 N–H and O–H groups in total. The number of nitrogens with one attached hydrogen (secondary N) is 2. The van der Waals surface area contributed by atoms with Gasteiger partial charge in [0.05, 0.1) is 6.10 Å². The molecule has 0 atom stereocenters. The molecular weight excluding hydrogens is 216 g/mol. The highest BCUT2D eigenvalue weighted by molar-refractivity contribution is 5.77. The van der Waals surface area contributed by atoms with Crippen molar-refractivity contribution in [1.82, 2.24) is 10.6 Å². The standard InChI is InChI=1S/C13H26N2O2/c1-4-13(2,3)10-15-12(16)9-17-11-5-7-14-8-6-11/h11,14H,4-10H2,1-3H3,(H,15,16). The molecule has 4 heteroatoms. The van der Waals surface area contributed by atoms with Crippen molar-refractivity contribution in [3.63, 3.8) is 0 Å². The van der Waals surface area contributed by atoms with Crippen LogP contribution >= 0.6 is 0 Å². The van der Waals surface area contributed by atoms with Crippen molar-refractivity contribution in [2.45, 2.75) is 46.1 Å². The SMILES string of the molecule is CCC(C)(C)CNC(=O)COC1CCNCC1. The number of amides is 1. The van der Waals surface area contributed by atoms with Crippen molar-refractivity contribution in [1.29, 1.82) is 0 Å². The fourth-order valence-corrected chi connectivity index (χ4v) is 1.67. The summed E-state index contributed by atoms with van der Waals surface area (Å²) in [6.07, 6.45) is 3.32. The van der Waals surface area contributed by atoms with Crippen LogP contribution in [0.15, 0.2) is 0 Å². The third-order valence-electron chi connectivity index (χ3n) is 3.46. The van der Waals surface area contributed by atoms with Gasteiger partial charge in [0.1, 0.15) is 6.61 Å². The monoisotopic (exact) mass is 242 g/mol. The maximum atomic E-state index is 11.6. The molecule has 1 fully saturated rings. The van der Waals surface area contributed by atoms with Crippen LogP contribution in [-0.4, -0.2) is 38.3 Å². The Hall–Kier alpha value is -0.610. The Labute approximate surface area is 104 Å². The van der Waals surface area contributed by atoms with E-state index in [0.717, 1.165) is 38.9 Å². The van der Waals surface area contributed by atoms with Gasteiger partial charge in [0.15, 0.2) is 0 Å². The third-order valence-corrected chi connectivity index (χ3v) is 3.46. The van der Waals surface area contributed by atoms with Crippen molar-refractivity contribution in [3.8, 4) is 0 Å². The van der Waals surface area contributed by atoms with Crippen LogP contribution in [-0.2, 0) is 9.53 Å². The van der Waals surface area contributed by atoms with E-state index < -0.39 is 0 Å². The summed E-state index contributed by atoms with van der Waals surface area (Å²) in [5.74, 6) is 0.00468. The Bertz CT molecular complexity index is 236. The summed E-state index contributed by atoms with van der Waals surface area (Å²) in [6.45, 7) is 9.35. The normalized spacial score (nSPS) is 18.1. The Balaban J connectivity index is 2.12. The first kappa shape index (κ1) is 14.5. The molecule has 0 aromatic heterocycles. The van der Waals surface area contributed by atoms with E-state index in [9.17, 15) is 4.79 Å². The first-order valence-electron chi connectivity index (χ1n) is 6.62. The smallest absolute Gasteiger partial charge is 0.246 e. The van der Waals surface area contributed by atoms with E-state index in [2.05, 4.69) is 31.4 Å². The predicted molar refractivity (Wildman–Crippen MR) is 68.9 cm³/mol. The lowest BCUT2D eigenvalue weighted by Crippen LogP contribution is -2.38. The molecule has 1 aliphatic heterocycles. The van der Waals surface area contributed by atoms with Crippen molar-refractivity contribution >= 4 is 5.91 Å². The van der Waals surface area contributed by atoms with Crippen LogP contribution in [0.1, 0.15) is 40.0 Å². The molecule has 0 radical (unpaired) electrons. The van der Waals surface area contributed by atoms with Gasteiger partial charge in [0, 0.05) is 6.54 Å². The van der Waals surface area contributed by atoms with Crippen LogP contribution in [0.25, 0.3) is 0 Å². The van der Waals surface area contributed by atoms with Gasteiger partial charge < -0.3 is 15.4 Å². The largest absolute Gasteiger partial charge is 0.368 e. The first-order chi connectivity index (χ1) is 8.03. The van der Waals surface area contributed by atoms with Gasteiger partial charge in [-0.05, 0) is 37.8 Å². The third kappa shape index (κ3) is 6.03. The molecule has 1 aliphatic rings. The number of carbonyl (C=O) groups excluding carboxylic acids is 1. The van der Waals surface area contributed by atoms with Gasteiger partial charge in [-0.25, -0.2) is 0 Å². The molecule has 0 unspecified atom stereocenters. The molecule has 17 heavy (non-hydrogen) atoms. The van der Waals surface area contributed by atoms with Crippen LogP contribution in [0.2, 0.25) is 0 Å². The quantitative estimate of drug-likeness (QED) is 0.738. The number of hydrogen-bond donors (Lipinski definition) is 2. The Morgan fingerprint density at radius 3 is 2.65 bits per heavy atom. The zero-order chi connectivity index (χ0) is 12.7. The number of hydrogen-bond acceptors (Lipinski definition) is 3. The van der Waals surface area contributed by atoms with E-state index in [1.54, 1.807) is 0 Å². The second-order valence-electron chi connectivity index (χ2n) is 5.55. The summed E-state index contributed by atoms with van der Waals surface area (Å²) in [4.78, 5) is 11.6. The molecule has 0 spiro atoms. The second-order valence-corrected chi connectivity index (χ2v) is 5.55. The van der Waals surface area contributed by atoms with Gasteiger partial charge in [-0.2, -0.15) is 0 Å². The lowest BCUT2D eigenvalue weighted by Gasteiger charge is -2.24. The highest BCUT2D eigenvalue weighted by Crippen LogP contribution is 2.17. The second kappa shape index (κ2) is 6.97. The Morgan fingerprint density at radius 1 is 1.41 bits per heavy atom. The van der Waals surface area contributed by atoms with Crippen LogP contribution in [0.5, 0.6) is 0 Å². The molecule has 4 nitrogen and oxygen atoms in total. The minimum atomic E-state index is 0.00468. The van der Waals surface area contributed by atoms with E-state index in [1.165, 1.54) is 0 Å². The van der Waals surface area contributed by atoms with Crippen molar-refractivity contribution in [2.24, 2.45) is 5.41 Å². The van der Waals surface area contributed by atoms with E-state index in [1.807, 2.05) is 0 Å². The molecule has 1 saturated heterocycles. The van der Waals surface area contributed by atoms with Crippen LogP contribution in [0, 0.1) is 5.41 Å². The minimum absolute atomic E-state index is 0.00468. The fourth-order valence-electron chi connectivity index (χ4n) is 1.67. The van der Waals surface area contributed by atoms with Gasteiger partial charge in [0.2, 0.25) is 5.91 Å². The summed E-state index contributed by atoms with van der Waals surface area (Å²) in [7, 11) is 0. The van der Waals surface area contributed by atoms with E-state index >= 15 is 0 Å². The molecule has 1 amide bonds. The van der Waals surface area contributed by atoms with Crippen molar-refractivity contribution < 1.29 is 9.53 Å². The van der Waals surface area contributed by atoms with Gasteiger partial charge in [-0.15, -0.1) is 0 Å². The summed E-state index contributed by atoms with van der Waals surface area (Å²) in [5, 5.41) is 6.21. The zero-order valence-corrected chi connectivity index (χ0v) is 11.3. The summed E-state index contributed by atoms with van der Waals surface area (Å²) < 4.78 is 5.59. The van der Waals surface area contributed by atoms with Gasteiger partial charge in [-0.3, -0.25) is 4.79 Å². The average molecular weight is 242 g/mol. The first-order valence-corrected chi connectivity index (χ1v) is 6.62. The zero-order valence-electron chi connectivity index (χ0n) is 11.3. The lowest BCUT2D eigenvalue weighted by molar-refractivity contribution is -0.128. The summed E-state index contributed by atoms with van der Waals surface area (Å²) in [6, 6.07) is 0. The fraction of sp³-hybridized carbons (Fsp3) is 0.923. The van der Waals surface area contributed by atoms with Gasteiger partial charge >= 0.3 is 0 Å². The van der Waals surface area contributed by atoms with E-state index in [0.29, 0.717) is 0 Å². The Morgan fingerprint density at radius 2 is 2.06 bits per heavy atom. The number of piperidine rings is 1. The number of ether oxygens (including phenoxy) is 1. The summed E-state index contributed by atoms with van der Waals surface area (Å²) in [5.41, 5.74) is 0.171. The van der Waals surface area contributed by atoms with Crippen molar-refractivity contribution in [2.75, 3.05) is 26.2 Å². The molecule has 0 saturated carbocycles. The molecule has 0 aromatic carbocycles. The Kier molecular flexibility index (Phi) is 5.92. The molecule has 1 rings (SSSR count). The average Bonchev–Trinajstić information content (AvgIpc) is 2.35. The number of rotatable bonds is 6. The maximum Gasteiger partial charge on any atom is 0.246 e.